The SMILES string of the molecule is CCCOCCC(N)Cc1nc2ccccc2n1CCC. The van der Waals surface area contributed by atoms with Gasteiger partial charge in [-0.15, -0.1) is 0 Å². The van der Waals surface area contributed by atoms with Crippen LogP contribution in [-0.4, -0.2) is 28.8 Å². The van der Waals surface area contributed by atoms with Gasteiger partial charge in [0.2, 0.25) is 0 Å². The lowest BCUT2D eigenvalue weighted by Gasteiger charge is -2.13. The number of nitrogens with two attached hydrogens (primary N) is 1. The van der Waals surface area contributed by atoms with Crippen LogP contribution in [0.15, 0.2) is 24.3 Å². The molecule has 0 saturated heterocycles. The first kappa shape index (κ1) is 16.0. The Morgan fingerprint density at radius 3 is 2.76 bits per heavy atom. The highest BCUT2D eigenvalue weighted by Gasteiger charge is 2.13. The molecule has 0 saturated carbocycles. The van der Waals surface area contributed by atoms with Crippen molar-refractivity contribution < 1.29 is 4.74 Å². The number of hydrogen-bond acceptors (Lipinski definition) is 3. The summed E-state index contributed by atoms with van der Waals surface area (Å²) in [5.74, 6) is 1.10. The van der Waals surface area contributed by atoms with Gasteiger partial charge in [-0.25, -0.2) is 4.98 Å². The maximum Gasteiger partial charge on any atom is 0.111 e. The molecule has 1 unspecified atom stereocenters. The number of imidazole rings is 1. The van der Waals surface area contributed by atoms with E-state index in [-0.39, 0.29) is 6.04 Å². The molecule has 0 aliphatic rings. The van der Waals surface area contributed by atoms with Crippen LogP contribution in [0.25, 0.3) is 11.0 Å². The van der Waals surface area contributed by atoms with E-state index in [1.807, 2.05) is 6.07 Å². The van der Waals surface area contributed by atoms with E-state index in [4.69, 9.17) is 15.5 Å². The van der Waals surface area contributed by atoms with E-state index in [1.165, 1.54) is 5.52 Å². The van der Waals surface area contributed by atoms with Gasteiger partial charge >= 0.3 is 0 Å². The average molecular weight is 289 g/mol. The number of para-hydroxylation sites is 2. The van der Waals surface area contributed by atoms with E-state index in [0.717, 1.165) is 56.8 Å². The molecule has 0 aliphatic carbocycles. The third-order valence-electron chi connectivity index (χ3n) is 3.61. The van der Waals surface area contributed by atoms with Gasteiger partial charge in [0.15, 0.2) is 0 Å². The third kappa shape index (κ3) is 4.29. The minimum Gasteiger partial charge on any atom is -0.381 e. The van der Waals surface area contributed by atoms with E-state index in [9.17, 15) is 0 Å². The van der Waals surface area contributed by atoms with Crippen LogP contribution in [0.3, 0.4) is 0 Å². The Morgan fingerprint density at radius 1 is 1.19 bits per heavy atom. The highest BCUT2D eigenvalue weighted by atomic mass is 16.5. The number of hydrogen-bond donors (Lipinski definition) is 1. The molecule has 4 heteroatoms. The lowest BCUT2D eigenvalue weighted by Crippen LogP contribution is -2.26. The molecular weight excluding hydrogens is 262 g/mol. The van der Waals surface area contributed by atoms with Gasteiger partial charge < -0.3 is 15.0 Å². The van der Waals surface area contributed by atoms with E-state index < -0.39 is 0 Å². The predicted molar refractivity (Wildman–Crippen MR) is 87.4 cm³/mol. The van der Waals surface area contributed by atoms with E-state index in [1.54, 1.807) is 0 Å². The van der Waals surface area contributed by atoms with E-state index in [0.29, 0.717) is 0 Å². The van der Waals surface area contributed by atoms with Crippen molar-refractivity contribution in [2.24, 2.45) is 5.73 Å². The Labute approximate surface area is 127 Å². The third-order valence-corrected chi connectivity index (χ3v) is 3.61. The lowest BCUT2D eigenvalue weighted by atomic mass is 10.1. The smallest absolute Gasteiger partial charge is 0.111 e. The van der Waals surface area contributed by atoms with Crippen LogP contribution >= 0.6 is 0 Å². The van der Waals surface area contributed by atoms with Crippen molar-refractivity contribution in [1.29, 1.82) is 0 Å². The maximum atomic E-state index is 6.24. The van der Waals surface area contributed by atoms with Crippen molar-refractivity contribution in [3.63, 3.8) is 0 Å². The minimum absolute atomic E-state index is 0.106. The molecule has 1 heterocycles. The van der Waals surface area contributed by atoms with Crippen molar-refractivity contribution >= 4 is 11.0 Å². The summed E-state index contributed by atoms with van der Waals surface area (Å²) < 4.78 is 7.83. The summed E-state index contributed by atoms with van der Waals surface area (Å²) in [4.78, 5) is 4.76. The van der Waals surface area contributed by atoms with Gasteiger partial charge in [-0.1, -0.05) is 26.0 Å². The molecule has 21 heavy (non-hydrogen) atoms. The molecule has 2 aromatic rings. The number of rotatable bonds is 9. The summed E-state index contributed by atoms with van der Waals surface area (Å²) in [6.45, 7) is 6.86. The molecule has 1 aromatic carbocycles. The standard InChI is InChI=1S/C17H27N3O/c1-3-10-20-16-8-6-5-7-15(16)19-17(20)13-14(18)9-12-21-11-4-2/h5-8,14H,3-4,9-13,18H2,1-2H3. The monoisotopic (exact) mass is 289 g/mol. The van der Waals surface area contributed by atoms with Gasteiger partial charge in [0, 0.05) is 32.2 Å². The van der Waals surface area contributed by atoms with Crippen LogP contribution < -0.4 is 5.73 Å². The van der Waals surface area contributed by atoms with Crippen LogP contribution in [0.2, 0.25) is 0 Å². The van der Waals surface area contributed by atoms with Crippen LogP contribution in [0.5, 0.6) is 0 Å². The van der Waals surface area contributed by atoms with E-state index in [2.05, 4.69) is 36.6 Å². The molecule has 0 aliphatic heterocycles. The minimum atomic E-state index is 0.106. The highest BCUT2D eigenvalue weighted by molar-refractivity contribution is 5.75. The predicted octanol–water partition coefficient (Wildman–Crippen LogP) is 3.13. The van der Waals surface area contributed by atoms with E-state index >= 15 is 0 Å². The molecule has 1 aromatic heterocycles. The van der Waals surface area contributed by atoms with Crippen LogP contribution in [0.4, 0.5) is 0 Å². The second-order valence-electron chi connectivity index (χ2n) is 5.53. The van der Waals surface area contributed by atoms with Gasteiger partial charge in [-0.2, -0.15) is 0 Å². The molecular formula is C17H27N3O. The van der Waals surface area contributed by atoms with Gasteiger partial charge in [-0.05, 0) is 31.4 Å². The molecule has 2 N–H and O–H groups in total. The van der Waals surface area contributed by atoms with Crippen LogP contribution in [-0.2, 0) is 17.7 Å². The van der Waals surface area contributed by atoms with Crippen molar-refractivity contribution in [2.45, 2.75) is 52.1 Å². The number of benzene rings is 1. The normalized spacial score (nSPS) is 12.9. The Hall–Kier alpha value is -1.39. The summed E-state index contributed by atoms with van der Waals surface area (Å²) in [6.07, 6.45) is 3.85. The first-order valence-electron chi connectivity index (χ1n) is 8.03. The lowest BCUT2D eigenvalue weighted by molar-refractivity contribution is 0.127. The first-order chi connectivity index (χ1) is 10.3. The fraction of sp³-hybridized carbons (Fsp3) is 0.588. The van der Waals surface area contributed by atoms with Crippen LogP contribution in [0.1, 0.15) is 38.9 Å². The highest BCUT2D eigenvalue weighted by Crippen LogP contribution is 2.18. The maximum absolute atomic E-state index is 6.24. The molecule has 0 fully saturated rings. The summed E-state index contributed by atoms with van der Waals surface area (Å²) in [5.41, 5.74) is 8.52. The van der Waals surface area contributed by atoms with Crippen molar-refractivity contribution in [3.8, 4) is 0 Å². The molecule has 2 rings (SSSR count). The molecule has 0 radical (unpaired) electrons. The fourth-order valence-corrected chi connectivity index (χ4v) is 2.57. The summed E-state index contributed by atoms with van der Waals surface area (Å²) >= 11 is 0. The Balaban J connectivity index is 2.04. The second-order valence-corrected chi connectivity index (χ2v) is 5.53. The van der Waals surface area contributed by atoms with Gasteiger partial charge in [0.1, 0.15) is 5.82 Å². The second kappa shape index (κ2) is 8.15. The van der Waals surface area contributed by atoms with Crippen LogP contribution in [0, 0.1) is 0 Å². The first-order valence-corrected chi connectivity index (χ1v) is 8.03. The zero-order valence-electron chi connectivity index (χ0n) is 13.2. The average Bonchev–Trinajstić information content (AvgIpc) is 2.82. The molecule has 0 amide bonds. The number of aromatic nitrogens is 2. The topological polar surface area (TPSA) is 53.1 Å². The molecule has 0 bridgehead atoms. The molecule has 116 valence electrons. The molecule has 0 spiro atoms. The number of fused-ring (bicyclic) bond motifs is 1. The zero-order valence-corrected chi connectivity index (χ0v) is 13.2. The Kier molecular flexibility index (Phi) is 6.21. The largest absolute Gasteiger partial charge is 0.381 e. The van der Waals surface area contributed by atoms with Gasteiger partial charge in [0.05, 0.1) is 11.0 Å². The number of ether oxygens (including phenoxy) is 1. The Bertz CT molecular complexity index is 550. The number of aryl methyl sites for hydroxylation is 1. The van der Waals surface area contributed by atoms with Gasteiger partial charge in [-0.3, -0.25) is 0 Å². The quantitative estimate of drug-likeness (QED) is 0.722. The van der Waals surface area contributed by atoms with Crippen molar-refractivity contribution in [1.82, 2.24) is 9.55 Å². The summed E-state index contributed by atoms with van der Waals surface area (Å²) in [5, 5.41) is 0. The molecule has 1 atom stereocenters. The Morgan fingerprint density at radius 2 is 2.00 bits per heavy atom. The van der Waals surface area contributed by atoms with Gasteiger partial charge in [0.25, 0.3) is 0 Å². The summed E-state index contributed by atoms with van der Waals surface area (Å²) in [6, 6.07) is 8.42. The summed E-state index contributed by atoms with van der Waals surface area (Å²) in [7, 11) is 0. The number of nitrogens with zero attached hydrogens (tertiary/aromatic N) is 2. The van der Waals surface area contributed by atoms with Crippen molar-refractivity contribution in [2.75, 3.05) is 13.2 Å². The fourth-order valence-electron chi connectivity index (χ4n) is 2.57. The molecule has 4 nitrogen and oxygen atoms in total. The zero-order chi connectivity index (χ0) is 15.1. The van der Waals surface area contributed by atoms with Crippen molar-refractivity contribution in [3.05, 3.63) is 30.1 Å².